The Morgan fingerprint density at radius 3 is 2.42 bits per heavy atom. The minimum Gasteiger partial charge on any atom is -0.447 e. The molecule has 3 atom stereocenters. The summed E-state index contributed by atoms with van der Waals surface area (Å²) in [4.78, 5) is 10.8. The Bertz CT molecular complexity index is 327. The number of hydrogen-bond acceptors (Lipinski definition) is 4. The van der Waals surface area contributed by atoms with Crippen molar-refractivity contribution < 1.29 is 19.1 Å². The Balaban J connectivity index is 2.67. The summed E-state index contributed by atoms with van der Waals surface area (Å²) in [6, 6.07) is 0. The van der Waals surface area contributed by atoms with E-state index in [0.29, 0.717) is 0 Å². The maximum Gasteiger partial charge on any atom is 0.404 e. The highest BCUT2D eigenvalue weighted by atomic mass is 28.4. The highest BCUT2D eigenvalue weighted by Crippen LogP contribution is 2.45. The fourth-order valence-corrected chi connectivity index (χ4v) is 3.25. The van der Waals surface area contributed by atoms with E-state index in [9.17, 15) is 9.90 Å². The van der Waals surface area contributed by atoms with E-state index in [1.54, 1.807) is 0 Å². The lowest BCUT2D eigenvalue weighted by molar-refractivity contribution is 0.0611. The van der Waals surface area contributed by atoms with E-state index in [1.807, 2.05) is 0 Å². The zero-order valence-electron chi connectivity index (χ0n) is 12.6. The lowest BCUT2D eigenvalue weighted by atomic mass is 10.2. The number of amides is 1. The van der Waals surface area contributed by atoms with Crippen molar-refractivity contribution in [2.45, 2.75) is 51.4 Å². The molecule has 1 amide bonds. The van der Waals surface area contributed by atoms with Crippen molar-refractivity contribution in [3.63, 3.8) is 0 Å². The molecule has 0 radical (unpaired) electrons. The molecule has 0 aromatic heterocycles. The molecule has 3 N–H and O–H groups in total. The number of carbonyl (C=O) groups is 1. The van der Waals surface area contributed by atoms with Gasteiger partial charge in [0, 0.05) is 6.61 Å². The Morgan fingerprint density at radius 1 is 1.47 bits per heavy atom. The van der Waals surface area contributed by atoms with Gasteiger partial charge in [0.1, 0.15) is 6.61 Å². The average molecular weight is 289 g/mol. The molecule has 0 saturated heterocycles. The first kappa shape index (κ1) is 16.5. The number of ether oxygens (including phenoxy) is 1. The molecule has 1 rings (SSSR count). The minimum absolute atomic E-state index is 0.0988. The SMILES string of the molecule is CC(C)(C)[Si](C)(C)O[C@@H](COC(N)=O)[C@H]1C[C@@H]1CO. The maximum absolute atomic E-state index is 10.8. The summed E-state index contributed by atoms with van der Waals surface area (Å²) in [5.41, 5.74) is 5.02. The van der Waals surface area contributed by atoms with Crippen LogP contribution in [0.25, 0.3) is 0 Å². The molecular weight excluding hydrogens is 262 g/mol. The first-order valence-electron chi connectivity index (χ1n) is 6.79. The van der Waals surface area contributed by atoms with Crippen molar-refractivity contribution in [2.24, 2.45) is 17.6 Å². The first-order chi connectivity index (χ1) is 8.58. The molecule has 0 aromatic rings. The predicted molar refractivity (Wildman–Crippen MR) is 76.3 cm³/mol. The summed E-state index contributed by atoms with van der Waals surface area (Å²) < 4.78 is 11.2. The highest BCUT2D eigenvalue weighted by molar-refractivity contribution is 6.74. The van der Waals surface area contributed by atoms with Crippen LogP contribution in [-0.4, -0.2) is 38.8 Å². The number of primary amides is 1. The van der Waals surface area contributed by atoms with Crippen molar-refractivity contribution in [3.05, 3.63) is 0 Å². The molecule has 112 valence electrons. The van der Waals surface area contributed by atoms with Gasteiger partial charge in [0.25, 0.3) is 0 Å². The topological polar surface area (TPSA) is 81.8 Å². The Labute approximate surface area is 116 Å². The van der Waals surface area contributed by atoms with Crippen LogP contribution in [-0.2, 0) is 9.16 Å². The molecule has 0 heterocycles. The summed E-state index contributed by atoms with van der Waals surface area (Å²) >= 11 is 0. The molecule has 6 heteroatoms. The predicted octanol–water partition coefficient (Wildman–Crippen LogP) is 2.10. The molecule has 0 unspecified atom stereocenters. The molecule has 0 spiro atoms. The number of aliphatic hydroxyl groups excluding tert-OH is 1. The zero-order valence-corrected chi connectivity index (χ0v) is 13.6. The van der Waals surface area contributed by atoms with Gasteiger partial charge in [-0.3, -0.25) is 0 Å². The molecule has 19 heavy (non-hydrogen) atoms. The van der Waals surface area contributed by atoms with E-state index in [4.69, 9.17) is 14.9 Å². The van der Waals surface area contributed by atoms with E-state index >= 15 is 0 Å². The monoisotopic (exact) mass is 289 g/mol. The van der Waals surface area contributed by atoms with Crippen LogP contribution < -0.4 is 5.73 Å². The van der Waals surface area contributed by atoms with E-state index in [2.05, 4.69) is 33.9 Å². The zero-order chi connectivity index (χ0) is 14.8. The van der Waals surface area contributed by atoms with Crippen LogP contribution in [0.3, 0.4) is 0 Å². The van der Waals surface area contributed by atoms with Crippen molar-refractivity contribution >= 4 is 14.4 Å². The van der Waals surface area contributed by atoms with Gasteiger partial charge in [-0.2, -0.15) is 0 Å². The minimum atomic E-state index is -1.92. The smallest absolute Gasteiger partial charge is 0.404 e. The van der Waals surface area contributed by atoms with Crippen LogP contribution >= 0.6 is 0 Å². The number of rotatable bonds is 6. The van der Waals surface area contributed by atoms with Crippen molar-refractivity contribution in [1.29, 1.82) is 0 Å². The first-order valence-corrected chi connectivity index (χ1v) is 9.70. The van der Waals surface area contributed by atoms with Gasteiger partial charge in [0.2, 0.25) is 0 Å². The fourth-order valence-electron chi connectivity index (χ4n) is 1.90. The highest BCUT2D eigenvalue weighted by Gasteiger charge is 2.48. The van der Waals surface area contributed by atoms with Gasteiger partial charge in [-0.25, -0.2) is 4.79 Å². The average Bonchev–Trinajstić information content (AvgIpc) is 3.01. The summed E-state index contributed by atoms with van der Waals surface area (Å²) in [5, 5.41) is 9.28. The van der Waals surface area contributed by atoms with Crippen LogP contribution in [0, 0.1) is 11.8 Å². The van der Waals surface area contributed by atoms with Gasteiger partial charge in [0.05, 0.1) is 6.10 Å². The summed E-state index contributed by atoms with van der Waals surface area (Å²) in [6.45, 7) is 11.2. The molecular formula is C13H27NO4Si. The van der Waals surface area contributed by atoms with Gasteiger partial charge in [0.15, 0.2) is 8.32 Å². The van der Waals surface area contributed by atoms with Crippen LogP contribution in [0.1, 0.15) is 27.2 Å². The number of aliphatic hydroxyl groups is 1. The summed E-state index contributed by atoms with van der Waals surface area (Å²) in [5.74, 6) is 0.546. The van der Waals surface area contributed by atoms with Crippen molar-refractivity contribution in [3.8, 4) is 0 Å². The lowest BCUT2D eigenvalue weighted by Gasteiger charge is -2.39. The number of hydrogen-bond donors (Lipinski definition) is 2. The third-order valence-electron chi connectivity index (χ3n) is 4.33. The van der Waals surface area contributed by atoms with Crippen LogP contribution in [0.15, 0.2) is 0 Å². The van der Waals surface area contributed by atoms with Gasteiger partial charge in [-0.1, -0.05) is 20.8 Å². The van der Waals surface area contributed by atoms with Crippen LogP contribution in [0.5, 0.6) is 0 Å². The third kappa shape index (κ3) is 4.47. The van der Waals surface area contributed by atoms with Gasteiger partial charge in [-0.15, -0.1) is 0 Å². The Morgan fingerprint density at radius 2 is 2.05 bits per heavy atom. The summed E-state index contributed by atoms with van der Waals surface area (Å²) in [6.07, 6.45) is 0.00772. The maximum atomic E-state index is 10.8. The molecule has 1 fully saturated rings. The molecule has 1 saturated carbocycles. The van der Waals surface area contributed by atoms with E-state index in [0.717, 1.165) is 6.42 Å². The van der Waals surface area contributed by atoms with Gasteiger partial charge >= 0.3 is 6.09 Å². The Hall–Kier alpha value is -0.593. The second kappa shape index (κ2) is 5.81. The molecule has 0 bridgehead atoms. The second-order valence-electron chi connectivity index (χ2n) is 6.89. The lowest BCUT2D eigenvalue weighted by Crippen LogP contribution is -2.46. The molecule has 0 aliphatic heterocycles. The van der Waals surface area contributed by atoms with Crippen molar-refractivity contribution in [2.75, 3.05) is 13.2 Å². The summed E-state index contributed by atoms with van der Waals surface area (Å²) in [7, 11) is -1.92. The normalized spacial score (nSPS) is 24.9. The fraction of sp³-hybridized carbons (Fsp3) is 0.923. The molecule has 1 aliphatic carbocycles. The quantitative estimate of drug-likeness (QED) is 0.734. The van der Waals surface area contributed by atoms with E-state index in [1.165, 1.54) is 0 Å². The van der Waals surface area contributed by atoms with E-state index < -0.39 is 14.4 Å². The van der Waals surface area contributed by atoms with Gasteiger partial charge in [-0.05, 0) is 36.4 Å². The third-order valence-corrected chi connectivity index (χ3v) is 8.84. The van der Waals surface area contributed by atoms with Crippen molar-refractivity contribution in [1.82, 2.24) is 0 Å². The molecule has 1 aliphatic rings. The second-order valence-corrected chi connectivity index (χ2v) is 11.6. The number of carbonyl (C=O) groups excluding carboxylic acids is 1. The standard InChI is InChI=1S/C13H27NO4Si/c1-13(2,3)19(4,5)18-11(8-17-12(14)16)10-6-9(10)7-15/h9-11,15H,6-8H2,1-5H3,(H2,14,16)/t9-,10+,11+/m1/s1. The molecule has 5 nitrogen and oxygen atoms in total. The van der Waals surface area contributed by atoms with Gasteiger partial charge < -0.3 is 20.0 Å². The van der Waals surface area contributed by atoms with E-state index in [-0.39, 0.29) is 36.2 Å². The molecule has 0 aromatic carbocycles. The Kier molecular flexibility index (Phi) is 5.03. The largest absolute Gasteiger partial charge is 0.447 e. The number of nitrogens with two attached hydrogens (primary N) is 1. The van der Waals surface area contributed by atoms with Crippen LogP contribution in [0.4, 0.5) is 4.79 Å². The van der Waals surface area contributed by atoms with Crippen LogP contribution in [0.2, 0.25) is 18.1 Å².